The first kappa shape index (κ1) is 12.4. The van der Waals surface area contributed by atoms with E-state index < -0.39 is 0 Å². The summed E-state index contributed by atoms with van der Waals surface area (Å²) in [4.78, 5) is 4.35. The molecular weight excluding hydrogens is 280 g/mol. The second-order valence-corrected chi connectivity index (χ2v) is 5.74. The van der Waals surface area contributed by atoms with E-state index in [0.29, 0.717) is 0 Å². The van der Waals surface area contributed by atoms with Crippen LogP contribution in [0.15, 0.2) is 85.2 Å². The van der Waals surface area contributed by atoms with Gasteiger partial charge in [-0.25, -0.2) is 0 Å². The lowest BCUT2D eigenvalue weighted by atomic mass is 10.0. The molecule has 0 saturated heterocycles. The molecule has 3 aromatic carbocycles. The Morgan fingerprint density at radius 3 is 2.39 bits per heavy atom. The first-order valence-corrected chi connectivity index (χ1v) is 7.75. The van der Waals surface area contributed by atoms with Gasteiger partial charge in [0, 0.05) is 22.7 Å². The molecule has 5 rings (SSSR count). The average molecular weight is 294 g/mol. The van der Waals surface area contributed by atoms with Crippen molar-refractivity contribution in [3.8, 4) is 5.69 Å². The predicted molar refractivity (Wildman–Crippen MR) is 96.1 cm³/mol. The van der Waals surface area contributed by atoms with E-state index in [-0.39, 0.29) is 0 Å². The fourth-order valence-electron chi connectivity index (χ4n) is 3.49. The molecular formula is C21H14N2. The maximum Gasteiger partial charge on any atom is 0.0724 e. The third kappa shape index (κ3) is 1.72. The Kier molecular flexibility index (Phi) is 2.53. The zero-order valence-corrected chi connectivity index (χ0v) is 12.5. The van der Waals surface area contributed by atoms with Gasteiger partial charge in [0.05, 0.1) is 17.2 Å². The first-order chi connectivity index (χ1) is 11.4. The van der Waals surface area contributed by atoms with Gasteiger partial charge in [-0.15, -0.1) is 0 Å². The van der Waals surface area contributed by atoms with E-state index in [4.69, 9.17) is 0 Å². The molecule has 23 heavy (non-hydrogen) atoms. The Morgan fingerprint density at radius 1 is 0.652 bits per heavy atom. The van der Waals surface area contributed by atoms with Crippen molar-refractivity contribution in [3.63, 3.8) is 0 Å². The number of nitrogens with zero attached hydrogens (tertiary/aromatic N) is 2. The first-order valence-electron chi connectivity index (χ1n) is 7.75. The molecule has 0 saturated carbocycles. The van der Waals surface area contributed by atoms with Gasteiger partial charge in [-0.1, -0.05) is 48.5 Å². The van der Waals surface area contributed by atoms with Crippen LogP contribution in [0.5, 0.6) is 0 Å². The van der Waals surface area contributed by atoms with Crippen LogP contribution in [0, 0.1) is 0 Å². The largest absolute Gasteiger partial charge is 0.308 e. The molecule has 0 aliphatic carbocycles. The summed E-state index contributed by atoms with van der Waals surface area (Å²) in [7, 11) is 0. The zero-order valence-electron chi connectivity index (χ0n) is 12.5. The third-order valence-electron chi connectivity index (χ3n) is 4.47. The molecule has 0 radical (unpaired) electrons. The average Bonchev–Trinajstić information content (AvgIpc) is 2.97. The number of rotatable bonds is 1. The van der Waals surface area contributed by atoms with Gasteiger partial charge in [0.1, 0.15) is 0 Å². The van der Waals surface area contributed by atoms with Crippen LogP contribution in [0.4, 0.5) is 0 Å². The second-order valence-electron chi connectivity index (χ2n) is 5.74. The molecule has 5 aromatic rings. The van der Waals surface area contributed by atoms with Crippen molar-refractivity contribution in [1.29, 1.82) is 0 Å². The van der Waals surface area contributed by atoms with Crippen molar-refractivity contribution in [1.82, 2.24) is 9.55 Å². The molecule has 2 heterocycles. The van der Waals surface area contributed by atoms with Gasteiger partial charge in [-0.2, -0.15) is 0 Å². The molecule has 2 nitrogen and oxygen atoms in total. The van der Waals surface area contributed by atoms with Gasteiger partial charge >= 0.3 is 0 Å². The van der Waals surface area contributed by atoms with Crippen molar-refractivity contribution in [2.75, 3.05) is 0 Å². The van der Waals surface area contributed by atoms with Crippen molar-refractivity contribution in [2.24, 2.45) is 0 Å². The highest BCUT2D eigenvalue weighted by atomic mass is 15.0. The Bertz CT molecular complexity index is 1150. The number of benzene rings is 3. The number of hydrogen-bond donors (Lipinski definition) is 0. The van der Waals surface area contributed by atoms with Gasteiger partial charge < -0.3 is 4.57 Å². The van der Waals surface area contributed by atoms with Crippen LogP contribution in [-0.2, 0) is 0 Å². The van der Waals surface area contributed by atoms with Crippen molar-refractivity contribution >= 4 is 32.6 Å². The highest BCUT2D eigenvalue weighted by molar-refractivity contribution is 6.21. The summed E-state index contributed by atoms with van der Waals surface area (Å²) in [6.07, 6.45) is 3.83. The molecule has 0 amide bonds. The standard InChI is InChI=1S/C21H14N2/c1-2-7-16(8-3-1)23-19-11-10-15-6-4-5-9-17(15)21(19)18-12-13-22-14-20(18)23/h1-14H. The molecule has 0 unspecified atom stereocenters. The van der Waals surface area contributed by atoms with Gasteiger partial charge in [-0.3, -0.25) is 4.98 Å². The second kappa shape index (κ2) is 4.68. The van der Waals surface area contributed by atoms with Gasteiger partial charge in [0.15, 0.2) is 0 Å². The molecule has 0 aliphatic rings. The number of pyridine rings is 1. The number of para-hydroxylation sites is 1. The Balaban J connectivity index is 2.07. The molecule has 0 fully saturated rings. The van der Waals surface area contributed by atoms with Crippen LogP contribution in [-0.4, -0.2) is 9.55 Å². The maximum atomic E-state index is 4.35. The number of aromatic nitrogens is 2. The minimum absolute atomic E-state index is 1.14. The molecule has 2 aromatic heterocycles. The lowest BCUT2D eigenvalue weighted by molar-refractivity contribution is 1.17. The quantitative estimate of drug-likeness (QED) is 0.408. The minimum Gasteiger partial charge on any atom is -0.308 e. The Morgan fingerprint density at radius 2 is 1.48 bits per heavy atom. The molecule has 0 N–H and O–H groups in total. The van der Waals surface area contributed by atoms with Crippen molar-refractivity contribution in [2.45, 2.75) is 0 Å². The summed E-state index contributed by atoms with van der Waals surface area (Å²) in [5.41, 5.74) is 3.53. The predicted octanol–water partition coefficient (Wildman–Crippen LogP) is 5.33. The highest BCUT2D eigenvalue weighted by Crippen LogP contribution is 2.36. The van der Waals surface area contributed by atoms with Gasteiger partial charge in [0.25, 0.3) is 0 Å². The normalized spacial score (nSPS) is 11.5. The monoisotopic (exact) mass is 294 g/mol. The van der Waals surface area contributed by atoms with E-state index in [2.05, 4.69) is 76.3 Å². The van der Waals surface area contributed by atoms with E-state index in [1.165, 1.54) is 27.1 Å². The summed E-state index contributed by atoms with van der Waals surface area (Å²) in [5, 5.41) is 5.10. The zero-order chi connectivity index (χ0) is 15.2. The smallest absolute Gasteiger partial charge is 0.0724 e. The van der Waals surface area contributed by atoms with Crippen LogP contribution >= 0.6 is 0 Å². The Labute approximate surface area is 133 Å². The molecule has 0 spiro atoms. The van der Waals surface area contributed by atoms with Gasteiger partial charge in [-0.05, 0) is 35.0 Å². The molecule has 0 aliphatic heterocycles. The van der Waals surface area contributed by atoms with E-state index >= 15 is 0 Å². The summed E-state index contributed by atoms with van der Waals surface area (Å²) in [6.45, 7) is 0. The third-order valence-corrected chi connectivity index (χ3v) is 4.47. The molecule has 2 heteroatoms. The van der Waals surface area contributed by atoms with Crippen molar-refractivity contribution in [3.05, 3.63) is 85.2 Å². The van der Waals surface area contributed by atoms with Crippen LogP contribution in [0.2, 0.25) is 0 Å². The van der Waals surface area contributed by atoms with Crippen LogP contribution < -0.4 is 0 Å². The lowest BCUT2D eigenvalue weighted by Crippen LogP contribution is -1.93. The van der Waals surface area contributed by atoms with E-state index in [0.717, 1.165) is 11.2 Å². The van der Waals surface area contributed by atoms with E-state index in [1.807, 2.05) is 18.5 Å². The summed E-state index contributed by atoms with van der Waals surface area (Å²) < 4.78 is 2.30. The molecule has 0 bridgehead atoms. The summed E-state index contributed by atoms with van der Waals surface area (Å²) in [5.74, 6) is 0. The minimum atomic E-state index is 1.14. The fourth-order valence-corrected chi connectivity index (χ4v) is 3.49. The van der Waals surface area contributed by atoms with Gasteiger partial charge in [0.2, 0.25) is 0 Å². The SMILES string of the molecule is c1ccc(-n2c3cnccc3c3c4ccccc4ccc32)cc1. The van der Waals surface area contributed by atoms with Crippen molar-refractivity contribution < 1.29 is 0 Å². The van der Waals surface area contributed by atoms with Crippen LogP contribution in [0.3, 0.4) is 0 Å². The van der Waals surface area contributed by atoms with Crippen LogP contribution in [0.25, 0.3) is 38.3 Å². The summed E-state index contributed by atoms with van der Waals surface area (Å²) >= 11 is 0. The van der Waals surface area contributed by atoms with E-state index in [1.54, 1.807) is 0 Å². The molecule has 0 atom stereocenters. The fraction of sp³-hybridized carbons (Fsp3) is 0. The lowest BCUT2D eigenvalue weighted by Gasteiger charge is -2.07. The molecule has 108 valence electrons. The van der Waals surface area contributed by atoms with Crippen LogP contribution in [0.1, 0.15) is 0 Å². The Hall–Kier alpha value is -3.13. The number of hydrogen-bond acceptors (Lipinski definition) is 1. The highest BCUT2D eigenvalue weighted by Gasteiger charge is 2.14. The summed E-state index contributed by atoms with van der Waals surface area (Å²) in [6, 6.07) is 25.6. The number of fused-ring (bicyclic) bond motifs is 5. The topological polar surface area (TPSA) is 17.8 Å². The maximum absolute atomic E-state index is 4.35. The van der Waals surface area contributed by atoms with E-state index in [9.17, 15) is 0 Å².